The van der Waals surface area contributed by atoms with Crippen molar-refractivity contribution in [3.8, 4) is 0 Å². The lowest BCUT2D eigenvalue weighted by Crippen LogP contribution is -2.59. The third kappa shape index (κ3) is 36.8. The molecule has 0 bridgehead atoms. The van der Waals surface area contributed by atoms with Gasteiger partial charge in [0.15, 0.2) is 11.9 Å². The highest BCUT2D eigenvalue weighted by atomic mass is 16.4. The van der Waals surface area contributed by atoms with Gasteiger partial charge in [-0.05, 0) is 134 Å². The number of carbonyl (C=O) groups is 18. The standard InChI is InChI=1S/C81H133N25O19/c1-41(2)32-47(35-64(109)92-40-65(110)97-61(37-66(111)112)76(122)94-44(6)69(115)104-59(34-46-18-9-8-10-19-46)78(124)106-60(36-63(83)108)79(125)101-55(67(84)113)27-16-30-90-80(85)86)96-74(120)56(23-11-12-29-82)102-71(117)49-21-14-26-54(49)100-77(123)58(33-42(3)4)105-72(118)50-22-15-25-53(50)99-75(121)57(28-17-31-91-81(87)88)103-70(116)48-20-13-24-52(48)98-68(114)43(5)93-73(119)51-38-89-39-62(51)95-45(7)107/h8-10,18-19,41-44,47-62,89H,11-17,20-40,82H2,1-7H3,(H2,83,108)(H2,84,113)(H,92,109)(H,93,119)(H,94,122)(H,95,107)(H,96,120)(H,97,110)(H,98,114)(H,99,121)(H,100,123)(H,101,125)(H,102,117)(H,103,116)(H,104,115)(H,105,118)(H,106,124)(H,111,112)(H4,85,86,90)(H4,87,88,91)/t43-,44-,47-,48+,49+,50+,51+,52+,53+,54+,55-,56-,57-,58-,59-,60-,61-,62+/m0/s1. The Bertz CT molecular complexity index is 3960. The Morgan fingerprint density at radius 1 is 0.424 bits per heavy atom. The molecule has 125 heavy (non-hydrogen) atoms. The molecule has 0 radical (unpaired) electrons. The Morgan fingerprint density at radius 3 is 1.39 bits per heavy atom. The number of carboxylic acids is 1. The summed E-state index contributed by atoms with van der Waals surface area (Å²) in [5, 5.41) is 53.1. The minimum atomic E-state index is -1.85. The molecule has 1 aliphatic heterocycles. The number of guanidine groups is 2. The number of rotatable bonds is 53. The summed E-state index contributed by atoms with van der Waals surface area (Å²) in [5.41, 5.74) is 39.2. The molecule has 17 amide bonds. The average molecular weight is 1760 g/mol. The van der Waals surface area contributed by atoms with Gasteiger partial charge in [-0.2, -0.15) is 0 Å². The molecular formula is C81H133N25O19. The monoisotopic (exact) mass is 1760 g/mol. The predicted octanol–water partition coefficient (Wildman–Crippen LogP) is -6.63. The van der Waals surface area contributed by atoms with Crippen LogP contribution in [0.15, 0.2) is 40.3 Å². The number of aliphatic carboxylic acids is 1. The van der Waals surface area contributed by atoms with Crippen LogP contribution in [0.5, 0.6) is 0 Å². The van der Waals surface area contributed by atoms with E-state index in [4.69, 9.17) is 40.1 Å². The maximum Gasteiger partial charge on any atom is 0.305 e. The molecule has 4 fully saturated rings. The number of aliphatic imine (C=N–C) groups is 2. The number of nitrogens with two attached hydrogens (primary N) is 7. The van der Waals surface area contributed by atoms with Crippen molar-refractivity contribution < 1.29 is 91.4 Å². The van der Waals surface area contributed by atoms with Gasteiger partial charge in [-0.25, -0.2) is 0 Å². The molecule has 18 atom stereocenters. The summed E-state index contributed by atoms with van der Waals surface area (Å²) in [6, 6.07) is -7.59. The quantitative estimate of drug-likeness (QED) is 0.0164. The van der Waals surface area contributed by atoms with Crippen LogP contribution in [0.4, 0.5) is 0 Å². The maximum absolute atomic E-state index is 14.5. The van der Waals surface area contributed by atoms with Crippen molar-refractivity contribution in [2.24, 2.45) is 85.6 Å². The molecule has 3 aliphatic carbocycles. The van der Waals surface area contributed by atoms with E-state index >= 15 is 0 Å². The number of hydrogen-bond acceptors (Lipinski definition) is 22. The van der Waals surface area contributed by atoms with Crippen molar-refractivity contribution in [3.05, 3.63) is 35.9 Å². The number of hydrogen-bond donors (Lipinski definition) is 24. The Labute approximate surface area is 726 Å². The molecule has 5 rings (SSSR count). The van der Waals surface area contributed by atoms with Crippen LogP contribution in [-0.2, 0) is 92.7 Å². The molecular weight excluding hydrogens is 1630 g/mol. The molecule has 0 aromatic heterocycles. The fourth-order valence-electron chi connectivity index (χ4n) is 15.7. The van der Waals surface area contributed by atoms with Gasteiger partial charge in [0, 0.05) is 70.1 Å². The first kappa shape index (κ1) is 104. The van der Waals surface area contributed by atoms with E-state index in [9.17, 15) is 91.4 Å². The molecule has 3 saturated carbocycles. The minimum absolute atomic E-state index is 0.0463. The molecule has 1 aromatic rings. The normalized spacial score (nSPS) is 20.6. The second kappa shape index (κ2) is 52.7. The van der Waals surface area contributed by atoms with E-state index in [0.29, 0.717) is 89.3 Å². The first-order chi connectivity index (χ1) is 59.1. The van der Waals surface area contributed by atoms with Crippen LogP contribution in [0, 0.1) is 35.5 Å². The SMILES string of the molecule is CC(=O)N[C@@H]1CNC[C@H]1C(=O)N[C@@H](C)C(=O)N[C@@H]1CCC[C@H]1C(=O)N[C@@H](CCCN=C(N)N)C(=O)N[C@@H]1CCC[C@H]1C(=O)N[C@@H](CC(C)C)C(=O)N[C@@H]1CCC[C@H]1C(=O)N[C@@H](CCCCN)C(=O)N[C@H](CC(=O)NCC(=O)N[C@@H](CC(=O)O)C(=O)N[C@@H](C)C(=O)N[C@@H](Cc1ccccc1)C(=O)N[C@@H](CC(N)=O)C(=O)N[C@@H](CCCN=C(N)N)C(N)=O)CC(C)C. The number of carboxylic acid groups (broad SMARTS) is 1. The van der Waals surface area contributed by atoms with E-state index in [1.807, 2.05) is 27.7 Å². The van der Waals surface area contributed by atoms with Crippen molar-refractivity contribution in [2.45, 2.75) is 274 Å². The van der Waals surface area contributed by atoms with Crippen LogP contribution < -0.4 is 125 Å². The predicted molar refractivity (Wildman–Crippen MR) is 457 cm³/mol. The number of nitrogens with zero attached hydrogens (tertiary/aromatic N) is 2. The molecule has 0 spiro atoms. The van der Waals surface area contributed by atoms with Gasteiger partial charge < -0.3 is 130 Å². The van der Waals surface area contributed by atoms with Gasteiger partial charge in [0.05, 0.1) is 49.1 Å². The highest BCUT2D eigenvalue weighted by molar-refractivity contribution is 6.00. The van der Waals surface area contributed by atoms with Gasteiger partial charge in [0.1, 0.15) is 54.4 Å². The summed E-state index contributed by atoms with van der Waals surface area (Å²) >= 11 is 0. The highest BCUT2D eigenvalue weighted by Crippen LogP contribution is 2.30. The van der Waals surface area contributed by atoms with Gasteiger partial charge in [0.2, 0.25) is 100 Å². The minimum Gasteiger partial charge on any atom is -0.481 e. The zero-order chi connectivity index (χ0) is 92.7. The van der Waals surface area contributed by atoms with Crippen LogP contribution in [-0.4, -0.2) is 247 Å². The zero-order valence-electron chi connectivity index (χ0n) is 72.5. The summed E-state index contributed by atoms with van der Waals surface area (Å²) in [5.74, 6) is -17.9. The van der Waals surface area contributed by atoms with Crippen molar-refractivity contribution in [1.82, 2.24) is 85.1 Å². The fraction of sp³-hybridized carbons (Fsp3) is 0.679. The van der Waals surface area contributed by atoms with Gasteiger partial charge in [-0.3, -0.25) is 96.3 Å². The molecule has 31 N–H and O–H groups in total. The highest BCUT2D eigenvalue weighted by Gasteiger charge is 2.44. The van der Waals surface area contributed by atoms with Gasteiger partial charge in [-0.1, -0.05) is 77.3 Å². The topological polar surface area (TPSA) is 727 Å². The summed E-state index contributed by atoms with van der Waals surface area (Å²) < 4.78 is 0. The lowest BCUT2D eigenvalue weighted by molar-refractivity contribution is -0.141. The van der Waals surface area contributed by atoms with E-state index in [0.717, 1.165) is 0 Å². The molecule has 1 aromatic carbocycles. The first-order valence-electron chi connectivity index (χ1n) is 43.0. The Balaban J connectivity index is 1.18. The zero-order valence-corrected chi connectivity index (χ0v) is 72.5. The summed E-state index contributed by atoms with van der Waals surface area (Å²) in [4.78, 5) is 252. The van der Waals surface area contributed by atoms with E-state index in [1.54, 1.807) is 30.3 Å². The summed E-state index contributed by atoms with van der Waals surface area (Å²) in [6.07, 6.45) is 3.32. The lowest BCUT2D eigenvalue weighted by Gasteiger charge is -2.29. The van der Waals surface area contributed by atoms with Crippen molar-refractivity contribution in [1.29, 1.82) is 0 Å². The Morgan fingerprint density at radius 2 is 0.880 bits per heavy atom. The number of carbonyl (C=O) groups excluding carboxylic acids is 17. The fourth-order valence-corrected chi connectivity index (χ4v) is 15.7. The number of unbranched alkanes of at least 4 members (excludes halogenated alkanes) is 1. The molecule has 1 saturated heterocycles. The second-order valence-corrected chi connectivity index (χ2v) is 33.5. The van der Waals surface area contributed by atoms with E-state index in [-0.39, 0.29) is 101 Å². The molecule has 4 aliphatic rings. The molecule has 1 heterocycles. The smallest absolute Gasteiger partial charge is 0.305 e. The van der Waals surface area contributed by atoms with Gasteiger partial charge in [0.25, 0.3) is 0 Å². The maximum atomic E-state index is 14.5. The average Bonchev–Trinajstić information content (AvgIpc) is 1.75. The number of benzene rings is 1. The number of amides is 17. The van der Waals surface area contributed by atoms with Crippen molar-refractivity contribution in [2.75, 3.05) is 39.3 Å². The molecule has 0 unspecified atom stereocenters. The first-order valence-corrected chi connectivity index (χ1v) is 43.0. The number of primary amides is 2. The van der Waals surface area contributed by atoms with Crippen molar-refractivity contribution in [3.63, 3.8) is 0 Å². The largest absolute Gasteiger partial charge is 0.481 e. The van der Waals surface area contributed by atoms with Crippen LogP contribution in [0.1, 0.15) is 189 Å². The summed E-state index contributed by atoms with van der Waals surface area (Å²) in [7, 11) is 0. The number of nitrogens with one attached hydrogen (secondary N) is 16. The second-order valence-electron chi connectivity index (χ2n) is 33.5. The van der Waals surface area contributed by atoms with Crippen molar-refractivity contribution >= 4 is 118 Å². The van der Waals surface area contributed by atoms with E-state index in [2.05, 4.69) is 95.1 Å². The molecule has 44 nitrogen and oxygen atoms in total. The van der Waals surface area contributed by atoms with Crippen LogP contribution in [0.25, 0.3) is 0 Å². The Kier molecular flexibility index (Phi) is 43.7. The van der Waals surface area contributed by atoms with E-state index in [1.165, 1.54) is 20.8 Å². The van der Waals surface area contributed by atoms with Crippen LogP contribution in [0.3, 0.4) is 0 Å². The third-order valence-corrected chi connectivity index (χ3v) is 22.1. The third-order valence-electron chi connectivity index (χ3n) is 22.1. The van der Waals surface area contributed by atoms with Crippen LogP contribution >= 0.6 is 0 Å². The summed E-state index contributed by atoms with van der Waals surface area (Å²) in [6.45, 7) is 11.8. The van der Waals surface area contributed by atoms with E-state index < -0.39 is 235 Å². The van der Waals surface area contributed by atoms with Crippen LogP contribution in [0.2, 0.25) is 0 Å². The van der Waals surface area contributed by atoms with Gasteiger partial charge in [-0.15, -0.1) is 0 Å². The van der Waals surface area contributed by atoms with Gasteiger partial charge >= 0.3 is 5.97 Å². The molecule has 696 valence electrons. The molecule has 44 heteroatoms. The Hall–Kier alpha value is -11.9. The lowest BCUT2D eigenvalue weighted by atomic mass is 9.97.